The van der Waals surface area contributed by atoms with Gasteiger partial charge in [-0.25, -0.2) is 0 Å². The van der Waals surface area contributed by atoms with Gasteiger partial charge in [-0.2, -0.15) is 0 Å². The van der Waals surface area contributed by atoms with Crippen LogP contribution in [0.3, 0.4) is 0 Å². The summed E-state index contributed by atoms with van der Waals surface area (Å²) < 4.78 is 0. The predicted octanol–water partition coefficient (Wildman–Crippen LogP) is 5.71. The van der Waals surface area contributed by atoms with Crippen LogP contribution in [-0.2, 0) is 6.42 Å². The highest BCUT2D eigenvalue weighted by molar-refractivity contribution is 5.26. The summed E-state index contributed by atoms with van der Waals surface area (Å²) in [4.78, 5) is 0. The van der Waals surface area contributed by atoms with Crippen LogP contribution in [0.2, 0.25) is 0 Å². The normalized spacial score (nSPS) is 12.6. The highest BCUT2D eigenvalue weighted by Gasteiger charge is 2.10. The van der Waals surface area contributed by atoms with Crippen LogP contribution in [0.25, 0.3) is 0 Å². The molecule has 1 aromatic carbocycles. The minimum atomic E-state index is 0.789. The van der Waals surface area contributed by atoms with Crippen molar-refractivity contribution < 1.29 is 0 Å². The molecule has 17 heavy (non-hydrogen) atoms. The zero-order chi connectivity index (χ0) is 12.5. The molecule has 0 N–H and O–H groups in total. The van der Waals surface area contributed by atoms with Gasteiger partial charge in [0.25, 0.3) is 0 Å². The summed E-state index contributed by atoms with van der Waals surface area (Å²) in [7, 11) is 0. The lowest BCUT2D eigenvalue weighted by Crippen LogP contribution is -1.99. The van der Waals surface area contributed by atoms with Crippen molar-refractivity contribution in [1.82, 2.24) is 0 Å². The van der Waals surface area contributed by atoms with Crippen molar-refractivity contribution in [3.05, 3.63) is 35.4 Å². The van der Waals surface area contributed by atoms with Gasteiger partial charge in [0.15, 0.2) is 0 Å². The molecule has 0 bridgehead atoms. The van der Waals surface area contributed by atoms with Crippen molar-refractivity contribution in [3.8, 4) is 0 Å². The standard InChI is InChI=1S/C17H28/c1-4-7-12-16(10-6-3)17-13-8-11-15(14-17)9-5-2/h8,11,13-14,16H,4-7,9-10,12H2,1-3H3. The second kappa shape index (κ2) is 8.33. The SMILES string of the molecule is CCCCC(CCC)c1cccc(CCC)c1. The molecular formula is C17H28. The van der Waals surface area contributed by atoms with Crippen LogP contribution >= 0.6 is 0 Å². The van der Waals surface area contributed by atoms with Crippen molar-refractivity contribution in [2.75, 3.05) is 0 Å². The summed E-state index contributed by atoms with van der Waals surface area (Å²) in [5.74, 6) is 0.789. The Bertz CT molecular complexity index is 301. The third kappa shape index (κ3) is 4.93. The van der Waals surface area contributed by atoms with Crippen molar-refractivity contribution >= 4 is 0 Å². The predicted molar refractivity (Wildman–Crippen MR) is 77.6 cm³/mol. The van der Waals surface area contributed by atoms with Crippen molar-refractivity contribution in [1.29, 1.82) is 0 Å². The fraction of sp³-hybridized carbons (Fsp3) is 0.647. The summed E-state index contributed by atoms with van der Waals surface area (Å²) in [6.45, 7) is 6.85. The first kappa shape index (κ1) is 14.3. The average molecular weight is 232 g/mol. The van der Waals surface area contributed by atoms with E-state index in [0.29, 0.717) is 0 Å². The van der Waals surface area contributed by atoms with E-state index < -0.39 is 0 Å². The molecule has 0 saturated heterocycles. The Labute approximate surface area is 107 Å². The molecule has 0 radical (unpaired) electrons. The highest BCUT2D eigenvalue weighted by atomic mass is 14.1. The zero-order valence-corrected chi connectivity index (χ0v) is 11.8. The van der Waals surface area contributed by atoms with E-state index in [1.807, 2.05) is 0 Å². The zero-order valence-electron chi connectivity index (χ0n) is 11.8. The van der Waals surface area contributed by atoms with Gasteiger partial charge < -0.3 is 0 Å². The summed E-state index contributed by atoms with van der Waals surface area (Å²) in [6, 6.07) is 9.29. The van der Waals surface area contributed by atoms with Crippen LogP contribution in [-0.4, -0.2) is 0 Å². The average Bonchev–Trinajstić information content (AvgIpc) is 2.35. The second-order valence-corrected chi connectivity index (χ2v) is 5.12. The van der Waals surface area contributed by atoms with E-state index in [9.17, 15) is 0 Å². The fourth-order valence-corrected chi connectivity index (χ4v) is 2.57. The van der Waals surface area contributed by atoms with Crippen molar-refractivity contribution in [2.24, 2.45) is 0 Å². The first-order chi connectivity index (χ1) is 8.31. The van der Waals surface area contributed by atoms with Gasteiger partial charge in [-0.1, -0.05) is 70.7 Å². The molecule has 0 aliphatic carbocycles. The number of benzene rings is 1. The van der Waals surface area contributed by atoms with Crippen LogP contribution in [0.15, 0.2) is 24.3 Å². The number of hydrogen-bond donors (Lipinski definition) is 0. The van der Waals surface area contributed by atoms with Crippen LogP contribution in [0, 0.1) is 0 Å². The Balaban J connectivity index is 2.73. The number of aryl methyl sites for hydroxylation is 1. The fourth-order valence-electron chi connectivity index (χ4n) is 2.57. The minimum absolute atomic E-state index is 0.789. The smallest absolute Gasteiger partial charge is 0.0162 e. The van der Waals surface area contributed by atoms with E-state index in [1.54, 1.807) is 5.56 Å². The molecule has 1 rings (SSSR count). The van der Waals surface area contributed by atoms with Gasteiger partial charge in [0.1, 0.15) is 0 Å². The molecule has 0 aliphatic rings. The molecule has 0 heteroatoms. The molecule has 0 amide bonds. The molecule has 0 aromatic heterocycles. The van der Waals surface area contributed by atoms with Crippen LogP contribution in [0.1, 0.15) is 76.3 Å². The maximum absolute atomic E-state index is 2.44. The Hall–Kier alpha value is -0.780. The molecule has 0 aliphatic heterocycles. The molecular weight excluding hydrogens is 204 g/mol. The number of unbranched alkanes of at least 4 members (excludes halogenated alkanes) is 1. The van der Waals surface area contributed by atoms with Gasteiger partial charge in [-0.05, 0) is 36.3 Å². The van der Waals surface area contributed by atoms with Gasteiger partial charge in [0.2, 0.25) is 0 Å². The lowest BCUT2D eigenvalue weighted by atomic mass is 9.88. The Kier molecular flexibility index (Phi) is 7.00. The summed E-state index contributed by atoms with van der Waals surface area (Å²) in [6.07, 6.45) is 9.15. The van der Waals surface area contributed by atoms with Crippen molar-refractivity contribution in [3.63, 3.8) is 0 Å². The first-order valence-electron chi connectivity index (χ1n) is 7.40. The Morgan fingerprint density at radius 1 is 0.941 bits per heavy atom. The highest BCUT2D eigenvalue weighted by Crippen LogP contribution is 2.27. The van der Waals surface area contributed by atoms with E-state index in [4.69, 9.17) is 0 Å². The molecule has 0 nitrogen and oxygen atoms in total. The van der Waals surface area contributed by atoms with E-state index in [2.05, 4.69) is 45.0 Å². The van der Waals surface area contributed by atoms with Crippen LogP contribution in [0.4, 0.5) is 0 Å². The molecule has 1 unspecified atom stereocenters. The summed E-state index contributed by atoms with van der Waals surface area (Å²) in [5.41, 5.74) is 3.09. The summed E-state index contributed by atoms with van der Waals surface area (Å²) in [5, 5.41) is 0. The van der Waals surface area contributed by atoms with Gasteiger partial charge in [0, 0.05) is 0 Å². The minimum Gasteiger partial charge on any atom is -0.0654 e. The number of hydrogen-bond acceptors (Lipinski definition) is 0. The molecule has 1 atom stereocenters. The van der Waals surface area contributed by atoms with E-state index in [1.165, 1.54) is 50.5 Å². The van der Waals surface area contributed by atoms with Gasteiger partial charge in [-0.3, -0.25) is 0 Å². The molecule has 0 saturated carbocycles. The van der Waals surface area contributed by atoms with Gasteiger partial charge in [0.05, 0.1) is 0 Å². The van der Waals surface area contributed by atoms with E-state index >= 15 is 0 Å². The van der Waals surface area contributed by atoms with Gasteiger partial charge >= 0.3 is 0 Å². The van der Waals surface area contributed by atoms with E-state index in [-0.39, 0.29) is 0 Å². The third-order valence-electron chi connectivity index (χ3n) is 3.50. The maximum atomic E-state index is 2.44. The Morgan fingerprint density at radius 3 is 2.41 bits per heavy atom. The quantitative estimate of drug-likeness (QED) is 0.538. The topological polar surface area (TPSA) is 0 Å². The molecule has 96 valence electrons. The van der Waals surface area contributed by atoms with E-state index in [0.717, 1.165) is 5.92 Å². The van der Waals surface area contributed by atoms with Crippen LogP contribution in [0.5, 0.6) is 0 Å². The Morgan fingerprint density at radius 2 is 1.76 bits per heavy atom. The lowest BCUT2D eigenvalue weighted by molar-refractivity contribution is 0.540. The molecule has 1 aromatic rings. The second-order valence-electron chi connectivity index (χ2n) is 5.12. The molecule has 0 spiro atoms. The molecule has 0 fully saturated rings. The third-order valence-corrected chi connectivity index (χ3v) is 3.50. The first-order valence-corrected chi connectivity index (χ1v) is 7.40. The van der Waals surface area contributed by atoms with Gasteiger partial charge in [-0.15, -0.1) is 0 Å². The lowest BCUT2D eigenvalue weighted by Gasteiger charge is -2.17. The number of rotatable bonds is 8. The van der Waals surface area contributed by atoms with Crippen molar-refractivity contribution in [2.45, 2.75) is 71.6 Å². The largest absolute Gasteiger partial charge is 0.0654 e. The monoisotopic (exact) mass is 232 g/mol. The molecule has 0 heterocycles. The summed E-state index contributed by atoms with van der Waals surface area (Å²) >= 11 is 0. The maximum Gasteiger partial charge on any atom is -0.0162 e. The van der Waals surface area contributed by atoms with Crippen LogP contribution < -0.4 is 0 Å².